The van der Waals surface area contributed by atoms with Crippen LogP contribution in [0.3, 0.4) is 0 Å². The molecule has 0 saturated heterocycles. The van der Waals surface area contributed by atoms with E-state index in [2.05, 4.69) is 95.2 Å². The summed E-state index contributed by atoms with van der Waals surface area (Å²) in [6.07, 6.45) is 5.58. The summed E-state index contributed by atoms with van der Waals surface area (Å²) in [6, 6.07) is 37.4. The fourth-order valence-corrected chi connectivity index (χ4v) is 3.08. The molecule has 0 amide bonds. The highest BCUT2D eigenvalue weighted by Gasteiger charge is 1.97. The van der Waals surface area contributed by atoms with Gasteiger partial charge in [-0.2, -0.15) is 0 Å². The minimum Gasteiger partial charge on any atom is -0.362 e. The van der Waals surface area contributed by atoms with Crippen LogP contribution >= 0.6 is 0 Å². The number of aliphatic imine (C=N–C) groups is 1. The molecule has 4 aromatic rings. The molecule has 29 heavy (non-hydrogen) atoms. The van der Waals surface area contributed by atoms with E-state index in [-0.39, 0.29) is 0 Å². The predicted molar refractivity (Wildman–Crippen MR) is 125 cm³/mol. The van der Waals surface area contributed by atoms with Crippen molar-refractivity contribution in [2.24, 2.45) is 4.99 Å². The van der Waals surface area contributed by atoms with E-state index in [1.54, 1.807) is 6.21 Å². The molecule has 0 atom stereocenters. The van der Waals surface area contributed by atoms with Crippen molar-refractivity contribution in [3.8, 4) is 22.3 Å². The van der Waals surface area contributed by atoms with Crippen molar-refractivity contribution in [1.82, 2.24) is 0 Å². The third-order valence-corrected chi connectivity index (χ3v) is 4.62. The molecule has 0 heterocycles. The molecule has 0 spiro atoms. The zero-order valence-electron chi connectivity index (χ0n) is 16.1. The third-order valence-electron chi connectivity index (χ3n) is 4.62. The van der Waals surface area contributed by atoms with Gasteiger partial charge < -0.3 is 5.32 Å². The van der Waals surface area contributed by atoms with Gasteiger partial charge in [0, 0.05) is 18.1 Å². The number of nitrogens with one attached hydrogen (secondary N) is 1. The Kier molecular flexibility index (Phi) is 5.94. The standard InChI is InChI=1S/C27H22N2/c1-3-8-22(9-4-1)24-12-16-26(17-13-24)28-20-7-21-29-27-18-14-25(15-19-27)23-10-5-2-6-11-23/h1-21,28H/b20-7-,29-21?. The molecule has 140 valence electrons. The first kappa shape index (κ1) is 18.5. The zero-order valence-corrected chi connectivity index (χ0v) is 16.1. The maximum atomic E-state index is 4.47. The Bertz CT molecular complexity index is 1080. The van der Waals surface area contributed by atoms with Gasteiger partial charge in [-0.1, -0.05) is 84.9 Å². The van der Waals surface area contributed by atoms with Gasteiger partial charge in [0.2, 0.25) is 0 Å². The average molecular weight is 374 g/mol. The Morgan fingerprint density at radius 2 is 1.00 bits per heavy atom. The summed E-state index contributed by atoms with van der Waals surface area (Å²) in [7, 11) is 0. The lowest BCUT2D eigenvalue weighted by atomic mass is 10.1. The molecular formula is C27H22N2. The molecule has 0 unspecified atom stereocenters. The summed E-state index contributed by atoms with van der Waals surface area (Å²) in [4.78, 5) is 4.47. The Hall–Kier alpha value is -3.91. The fourth-order valence-electron chi connectivity index (χ4n) is 3.08. The van der Waals surface area contributed by atoms with Gasteiger partial charge in [-0.25, -0.2) is 0 Å². The molecule has 0 aliphatic heterocycles. The van der Waals surface area contributed by atoms with Crippen LogP contribution in [0.25, 0.3) is 22.3 Å². The maximum Gasteiger partial charge on any atom is 0.0630 e. The lowest BCUT2D eigenvalue weighted by Crippen LogP contribution is -1.87. The van der Waals surface area contributed by atoms with E-state index in [4.69, 9.17) is 0 Å². The lowest BCUT2D eigenvalue weighted by molar-refractivity contribution is 1.52. The minimum absolute atomic E-state index is 0.932. The Balaban J connectivity index is 1.31. The normalized spacial score (nSPS) is 11.2. The second-order valence-corrected chi connectivity index (χ2v) is 6.64. The van der Waals surface area contributed by atoms with Crippen molar-refractivity contribution in [2.75, 3.05) is 5.32 Å². The van der Waals surface area contributed by atoms with E-state index in [1.807, 2.05) is 36.5 Å². The van der Waals surface area contributed by atoms with Crippen LogP contribution < -0.4 is 5.32 Å². The highest BCUT2D eigenvalue weighted by Crippen LogP contribution is 2.22. The first-order valence-electron chi connectivity index (χ1n) is 9.65. The van der Waals surface area contributed by atoms with Gasteiger partial charge in [0.1, 0.15) is 0 Å². The van der Waals surface area contributed by atoms with Crippen LogP contribution in [-0.2, 0) is 0 Å². The molecule has 0 aromatic heterocycles. The van der Waals surface area contributed by atoms with Crippen molar-refractivity contribution < 1.29 is 0 Å². The van der Waals surface area contributed by atoms with E-state index in [1.165, 1.54) is 22.3 Å². The fraction of sp³-hybridized carbons (Fsp3) is 0. The number of hydrogen-bond donors (Lipinski definition) is 1. The van der Waals surface area contributed by atoms with Crippen molar-refractivity contribution >= 4 is 17.6 Å². The van der Waals surface area contributed by atoms with Crippen LogP contribution in [0.5, 0.6) is 0 Å². The van der Waals surface area contributed by atoms with Gasteiger partial charge in [0.25, 0.3) is 0 Å². The van der Waals surface area contributed by atoms with Crippen LogP contribution in [0.4, 0.5) is 11.4 Å². The highest BCUT2D eigenvalue weighted by atomic mass is 14.8. The van der Waals surface area contributed by atoms with Crippen molar-refractivity contribution in [1.29, 1.82) is 0 Å². The highest BCUT2D eigenvalue weighted by molar-refractivity contribution is 5.76. The molecule has 2 heteroatoms. The Labute approximate surface area is 171 Å². The Morgan fingerprint density at radius 3 is 1.55 bits per heavy atom. The van der Waals surface area contributed by atoms with Crippen LogP contribution in [0.1, 0.15) is 0 Å². The lowest BCUT2D eigenvalue weighted by Gasteiger charge is -2.04. The number of hydrogen-bond acceptors (Lipinski definition) is 2. The van der Waals surface area contributed by atoms with Crippen LogP contribution in [0, 0.1) is 0 Å². The minimum atomic E-state index is 0.932. The van der Waals surface area contributed by atoms with Crippen molar-refractivity contribution in [3.05, 3.63) is 121 Å². The van der Waals surface area contributed by atoms with Gasteiger partial charge in [0.15, 0.2) is 0 Å². The summed E-state index contributed by atoms with van der Waals surface area (Å²) < 4.78 is 0. The predicted octanol–water partition coefficient (Wildman–Crippen LogP) is 7.35. The summed E-state index contributed by atoms with van der Waals surface area (Å²) in [5, 5.41) is 3.27. The maximum absolute atomic E-state index is 4.47. The average Bonchev–Trinajstić information content (AvgIpc) is 2.81. The smallest absolute Gasteiger partial charge is 0.0630 e. The van der Waals surface area contributed by atoms with Gasteiger partial charge in [0.05, 0.1) is 5.69 Å². The Morgan fingerprint density at radius 1 is 0.517 bits per heavy atom. The van der Waals surface area contributed by atoms with Gasteiger partial charge in [-0.3, -0.25) is 4.99 Å². The first-order chi connectivity index (χ1) is 14.4. The van der Waals surface area contributed by atoms with E-state index in [0.717, 1.165) is 11.4 Å². The molecule has 0 aliphatic carbocycles. The van der Waals surface area contributed by atoms with E-state index < -0.39 is 0 Å². The summed E-state index contributed by atoms with van der Waals surface area (Å²) in [5.74, 6) is 0. The summed E-state index contributed by atoms with van der Waals surface area (Å²) in [6.45, 7) is 0. The number of allylic oxidation sites excluding steroid dienone is 1. The molecule has 0 saturated carbocycles. The van der Waals surface area contributed by atoms with Crippen molar-refractivity contribution in [2.45, 2.75) is 0 Å². The largest absolute Gasteiger partial charge is 0.362 e. The van der Waals surface area contributed by atoms with Crippen LogP contribution in [-0.4, -0.2) is 6.21 Å². The second-order valence-electron chi connectivity index (χ2n) is 6.64. The quantitative estimate of drug-likeness (QED) is 0.351. The second kappa shape index (κ2) is 9.34. The molecule has 4 aromatic carbocycles. The summed E-state index contributed by atoms with van der Waals surface area (Å²) >= 11 is 0. The third kappa shape index (κ3) is 5.08. The monoisotopic (exact) mass is 374 g/mol. The molecule has 2 nitrogen and oxygen atoms in total. The number of anilines is 1. The molecule has 1 N–H and O–H groups in total. The van der Waals surface area contributed by atoms with E-state index in [0.29, 0.717) is 0 Å². The van der Waals surface area contributed by atoms with Gasteiger partial charge in [-0.05, 0) is 52.6 Å². The van der Waals surface area contributed by atoms with Gasteiger partial charge >= 0.3 is 0 Å². The first-order valence-corrected chi connectivity index (χ1v) is 9.65. The summed E-state index contributed by atoms with van der Waals surface area (Å²) in [5.41, 5.74) is 6.81. The van der Waals surface area contributed by atoms with Gasteiger partial charge in [-0.15, -0.1) is 0 Å². The molecule has 0 aliphatic rings. The number of rotatable bonds is 6. The van der Waals surface area contributed by atoms with E-state index in [9.17, 15) is 0 Å². The SMILES string of the molecule is C(/C=C\Nc1ccc(-c2ccccc2)cc1)=Nc1ccc(-c2ccccc2)cc1. The zero-order chi connectivity index (χ0) is 19.7. The van der Waals surface area contributed by atoms with Crippen molar-refractivity contribution in [3.63, 3.8) is 0 Å². The number of nitrogens with zero attached hydrogens (tertiary/aromatic N) is 1. The molecule has 0 radical (unpaired) electrons. The molecule has 0 bridgehead atoms. The van der Waals surface area contributed by atoms with E-state index >= 15 is 0 Å². The molecule has 0 fully saturated rings. The van der Waals surface area contributed by atoms with Crippen LogP contribution in [0.15, 0.2) is 126 Å². The molecule has 4 rings (SSSR count). The topological polar surface area (TPSA) is 24.4 Å². The molecular weight excluding hydrogens is 352 g/mol. The van der Waals surface area contributed by atoms with Crippen LogP contribution in [0.2, 0.25) is 0 Å². The number of benzene rings is 4.